The van der Waals surface area contributed by atoms with E-state index in [4.69, 9.17) is 4.74 Å². The van der Waals surface area contributed by atoms with Crippen LogP contribution in [-0.4, -0.2) is 18.0 Å². The van der Waals surface area contributed by atoms with Crippen molar-refractivity contribution < 1.29 is 9.53 Å². The van der Waals surface area contributed by atoms with E-state index in [-0.39, 0.29) is 5.91 Å². The third-order valence-electron chi connectivity index (χ3n) is 3.62. The Morgan fingerprint density at radius 3 is 2.79 bits per heavy atom. The first-order chi connectivity index (χ1) is 11.6. The van der Waals surface area contributed by atoms with Gasteiger partial charge < -0.3 is 10.1 Å². The largest absolute Gasteiger partial charge is 0.497 e. The molecule has 122 valence electrons. The Morgan fingerprint density at radius 1 is 1.25 bits per heavy atom. The summed E-state index contributed by atoms with van der Waals surface area (Å²) in [4.78, 5) is 16.2. The number of ether oxygens (including phenoxy) is 1. The molecule has 0 radical (unpaired) electrons. The number of rotatable bonds is 5. The van der Waals surface area contributed by atoms with E-state index in [0.717, 1.165) is 32.8 Å². The average molecular weight is 338 g/mol. The standard InChI is InChI=1S/C19H18N2O2S/c1-13-21-17(12-24-13)6-8-19(22)20-11-14-3-4-16-10-18(23-2)7-5-15(16)9-14/h3-10,12H,11H2,1-2H3,(H,20,22)/b8-6+. The number of hydrogen-bond acceptors (Lipinski definition) is 4. The van der Waals surface area contributed by atoms with Crippen molar-refractivity contribution in [3.8, 4) is 5.75 Å². The summed E-state index contributed by atoms with van der Waals surface area (Å²) in [5, 5.41) is 8.04. The van der Waals surface area contributed by atoms with Crippen LogP contribution in [0.2, 0.25) is 0 Å². The molecule has 0 spiro atoms. The highest BCUT2D eigenvalue weighted by Crippen LogP contribution is 2.21. The van der Waals surface area contributed by atoms with Gasteiger partial charge in [0.25, 0.3) is 0 Å². The van der Waals surface area contributed by atoms with Crippen molar-refractivity contribution >= 4 is 34.1 Å². The maximum absolute atomic E-state index is 11.9. The lowest BCUT2D eigenvalue weighted by Gasteiger charge is -2.06. The van der Waals surface area contributed by atoms with Crippen LogP contribution in [0.3, 0.4) is 0 Å². The zero-order valence-corrected chi connectivity index (χ0v) is 14.4. The van der Waals surface area contributed by atoms with Crippen molar-refractivity contribution in [2.45, 2.75) is 13.5 Å². The molecule has 1 aromatic heterocycles. The molecule has 0 aliphatic heterocycles. The molecule has 4 nitrogen and oxygen atoms in total. The monoisotopic (exact) mass is 338 g/mol. The van der Waals surface area contributed by atoms with E-state index in [1.54, 1.807) is 24.5 Å². The quantitative estimate of drug-likeness (QED) is 0.717. The Hall–Kier alpha value is -2.66. The van der Waals surface area contributed by atoms with Crippen LogP contribution in [0.1, 0.15) is 16.3 Å². The molecule has 3 rings (SSSR count). The first kappa shape index (κ1) is 16.2. The molecule has 1 amide bonds. The summed E-state index contributed by atoms with van der Waals surface area (Å²) in [5.74, 6) is 0.710. The van der Waals surface area contributed by atoms with Gasteiger partial charge in [-0.15, -0.1) is 11.3 Å². The minimum atomic E-state index is -0.129. The molecule has 0 atom stereocenters. The van der Waals surface area contributed by atoms with E-state index in [0.29, 0.717) is 6.54 Å². The second kappa shape index (κ2) is 7.27. The molecule has 0 bridgehead atoms. The highest BCUT2D eigenvalue weighted by molar-refractivity contribution is 7.09. The van der Waals surface area contributed by atoms with Crippen LogP contribution in [0.5, 0.6) is 5.75 Å². The Labute approximate surface area is 144 Å². The number of thiazole rings is 1. The second-order valence-electron chi connectivity index (χ2n) is 5.39. The molecule has 0 aliphatic rings. The number of aromatic nitrogens is 1. The van der Waals surface area contributed by atoms with Gasteiger partial charge in [0.1, 0.15) is 5.75 Å². The molecular formula is C19H18N2O2S. The molecule has 0 fully saturated rings. The number of aryl methyl sites for hydroxylation is 1. The lowest BCUT2D eigenvalue weighted by molar-refractivity contribution is -0.116. The number of methoxy groups -OCH3 is 1. The molecule has 0 saturated carbocycles. The first-order valence-electron chi connectivity index (χ1n) is 7.59. The summed E-state index contributed by atoms with van der Waals surface area (Å²) in [5.41, 5.74) is 1.87. The highest BCUT2D eigenvalue weighted by Gasteiger charge is 2.01. The summed E-state index contributed by atoms with van der Waals surface area (Å²) < 4.78 is 5.23. The van der Waals surface area contributed by atoms with E-state index in [2.05, 4.69) is 16.4 Å². The van der Waals surface area contributed by atoms with E-state index in [1.807, 2.05) is 42.6 Å². The number of fused-ring (bicyclic) bond motifs is 1. The van der Waals surface area contributed by atoms with Gasteiger partial charge in [0.05, 0.1) is 17.8 Å². The molecule has 3 aromatic rings. The Kier molecular flexibility index (Phi) is 4.91. The molecule has 5 heteroatoms. The van der Waals surface area contributed by atoms with Crippen LogP contribution in [0.4, 0.5) is 0 Å². The lowest BCUT2D eigenvalue weighted by Crippen LogP contribution is -2.20. The van der Waals surface area contributed by atoms with Gasteiger partial charge in [-0.2, -0.15) is 0 Å². The molecule has 24 heavy (non-hydrogen) atoms. The third kappa shape index (κ3) is 4.00. The SMILES string of the molecule is COc1ccc2cc(CNC(=O)/C=C/c3csc(C)n3)ccc2c1. The normalized spacial score (nSPS) is 11.1. The first-order valence-corrected chi connectivity index (χ1v) is 8.47. The van der Waals surface area contributed by atoms with Gasteiger partial charge in [0.2, 0.25) is 5.91 Å². The zero-order valence-electron chi connectivity index (χ0n) is 13.6. The topological polar surface area (TPSA) is 51.2 Å². The molecule has 0 aliphatic carbocycles. The number of benzene rings is 2. The van der Waals surface area contributed by atoms with E-state index >= 15 is 0 Å². The number of hydrogen-bond donors (Lipinski definition) is 1. The minimum Gasteiger partial charge on any atom is -0.497 e. The Bertz CT molecular complexity index is 899. The fourth-order valence-electron chi connectivity index (χ4n) is 2.38. The summed E-state index contributed by atoms with van der Waals surface area (Å²) in [6.07, 6.45) is 3.24. The van der Waals surface area contributed by atoms with Crippen molar-refractivity contribution in [1.82, 2.24) is 10.3 Å². The zero-order chi connectivity index (χ0) is 16.9. The van der Waals surface area contributed by atoms with Gasteiger partial charge in [0.15, 0.2) is 0 Å². The lowest BCUT2D eigenvalue weighted by atomic mass is 10.1. The van der Waals surface area contributed by atoms with Gasteiger partial charge in [-0.1, -0.05) is 18.2 Å². The van der Waals surface area contributed by atoms with E-state index in [1.165, 1.54) is 6.08 Å². The van der Waals surface area contributed by atoms with Crippen molar-refractivity contribution in [1.29, 1.82) is 0 Å². The number of nitrogens with one attached hydrogen (secondary N) is 1. The number of carbonyl (C=O) groups excluding carboxylic acids is 1. The van der Waals surface area contributed by atoms with Crippen LogP contribution in [0.25, 0.3) is 16.8 Å². The maximum Gasteiger partial charge on any atom is 0.244 e. The third-order valence-corrected chi connectivity index (χ3v) is 4.41. The summed E-state index contributed by atoms with van der Waals surface area (Å²) in [6, 6.07) is 12.1. The van der Waals surface area contributed by atoms with Gasteiger partial charge >= 0.3 is 0 Å². The molecule has 0 saturated heterocycles. The fraction of sp³-hybridized carbons (Fsp3) is 0.158. The summed E-state index contributed by atoms with van der Waals surface area (Å²) in [7, 11) is 1.66. The maximum atomic E-state index is 11.9. The highest BCUT2D eigenvalue weighted by atomic mass is 32.1. The van der Waals surface area contributed by atoms with Crippen LogP contribution in [-0.2, 0) is 11.3 Å². The van der Waals surface area contributed by atoms with Crippen LogP contribution < -0.4 is 10.1 Å². The van der Waals surface area contributed by atoms with Crippen molar-refractivity contribution in [3.63, 3.8) is 0 Å². The second-order valence-corrected chi connectivity index (χ2v) is 6.45. The average Bonchev–Trinajstić information content (AvgIpc) is 3.02. The van der Waals surface area contributed by atoms with Crippen molar-refractivity contribution in [3.05, 3.63) is 64.1 Å². The number of amides is 1. The Morgan fingerprint density at radius 2 is 2.04 bits per heavy atom. The van der Waals surface area contributed by atoms with E-state index in [9.17, 15) is 4.79 Å². The molecular weight excluding hydrogens is 320 g/mol. The van der Waals surface area contributed by atoms with E-state index < -0.39 is 0 Å². The Balaban J connectivity index is 1.62. The van der Waals surface area contributed by atoms with Crippen molar-refractivity contribution in [2.75, 3.05) is 7.11 Å². The molecule has 1 heterocycles. The van der Waals surface area contributed by atoms with Gasteiger partial charge in [-0.3, -0.25) is 4.79 Å². The smallest absolute Gasteiger partial charge is 0.244 e. The summed E-state index contributed by atoms with van der Waals surface area (Å²) in [6.45, 7) is 2.43. The van der Waals surface area contributed by atoms with Crippen molar-refractivity contribution in [2.24, 2.45) is 0 Å². The molecule has 2 aromatic carbocycles. The van der Waals surface area contributed by atoms with Crippen LogP contribution >= 0.6 is 11.3 Å². The van der Waals surface area contributed by atoms with Crippen LogP contribution in [0.15, 0.2) is 47.9 Å². The fourth-order valence-corrected chi connectivity index (χ4v) is 2.96. The number of nitrogens with zero attached hydrogens (tertiary/aromatic N) is 1. The van der Waals surface area contributed by atoms with Gasteiger partial charge in [0, 0.05) is 18.0 Å². The molecule has 0 unspecified atom stereocenters. The summed E-state index contributed by atoms with van der Waals surface area (Å²) >= 11 is 1.57. The van der Waals surface area contributed by atoms with Crippen LogP contribution in [0, 0.1) is 6.92 Å². The minimum absolute atomic E-state index is 0.129. The molecule has 1 N–H and O–H groups in total. The predicted molar refractivity (Wildman–Crippen MR) is 98.2 cm³/mol. The number of carbonyl (C=O) groups is 1. The van der Waals surface area contributed by atoms with Gasteiger partial charge in [-0.25, -0.2) is 4.98 Å². The predicted octanol–water partition coefficient (Wildman–Crippen LogP) is 3.94. The van der Waals surface area contributed by atoms with Gasteiger partial charge in [-0.05, 0) is 47.5 Å².